The lowest BCUT2D eigenvalue weighted by Crippen LogP contribution is -2.55. The predicted molar refractivity (Wildman–Crippen MR) is 241 cm³/mol. The van der Waals surface area contributed by atoms with Gasteiger partial charge in [0.25, 0.3) is 0 Å². The summed E-state index contributed by atoms with van der Waals surface area (Å²) < 4.78 is 45.8. The van der Waals surface area contributed by atoms with E-state index in [2.05, 4.69) is 16.6 Å². The van der Waals surface area contributed by atoms with E-state index in [1.165, 1.54) is 12.3 Å². The van der Waals surface area contributed by atoms with E-state index in [9.17, 15) is 27.9 Å². The lowest BCUT2D eigenvalue weighted by atomic mass is 9.78. The first kappa shape index (κ1) is 46.6. The van der Waals surface area contributed by atoms with Crippen molar-refractivity contribution in [2.75, 3.05) is 24.4 Å². The van der Waals surface area contributed by atoms with Gasteiger partial charge in [-0.1, -0.05) is 121 Å². The lowest BCUT2D eigenvalue weighted by molar-refractivity contribution is -0.151. The zero-order valence-corrected chi connectivity index (χ0v) is 35.8. The molecule has 1 aliphatic heterocycles. The average Bonchev–Trinajstić information content (AvgIpc) is 3.27. The van der Waals surface area contributed by atoms with Crippen LogP contribution in [0.3, 0.4) is 0 Å². The summed E-state index contributed by atoms with van der Waals surface area (Å²) >= 11 is 0. The molecular weight excluding hydrogens is 792 g/mol. The number of hydrogen-bond acceptors (Lipinski definition) is 8. The maximum absolute atomic E-state index is 13.8. The molecule has 1 heterocycles. The Morgan fingerprint density at radius 2 is 1.52 bits per heavy atom. The van der Waals surface area contributed by atoms with Gasteiger partial charge in [-0.15, -0.1) is 10.8 Å². The van der Waals surface area contributed by atoms with Gasteiger partial charge in [0.2, 0.25) is 5.91 Å². The van der Waals surface area contributed by atoms with Crippen LogP contribution in [-0.2, 0) is 43.5 Å². The number of esters is 2. The van der Waals surface area contributed by atoms with E-state index in [1.54, 1.807) is 6.08 Å². The number of carbonyl (C=O) groups excluding carboxylic acids is 3. The number of allylic oxidation sites excluding steroid dienone is 4. The highest BCUT2D eigenvalue weighted by atomic mass is 32.3. The third-order valence-electron chi connectivity index (χ3n) is 10.5. The first-order valence-corrected chi connectivity index (χ1v) is 22.8. The molecule has 3 atom stereocenters. The number of alkyl halides is 1. The number of rotatable bonds is 22. The molecule has 11 heteroatoms. The summed E-state index contributed by atoms with van der Waals surface area (Å²) in [5, 5.41) is 0. The highest BCUT2D eigenvalue weighted by Crippen LogP contribution is 2.46. The maximum atomic E-state index is 13.8. The molecule has 0 aliphatic carbocycles. The molecule has 3 N–H and O–H groups in total. The number of carbonyl (C=O) groups is 3. The van der Waals surface area contributed by atoms with Crippen LogP contribution in [0.25, 0.3) is 0 Å². The first-order chi connectivity index (χ1) is 29.5. The molecule has 0 spiro atoms. The van der Waals surface area contributed by atoms with Crippen molar-refractivity contribution in [3.8, 4) is 11.8 Å². The van der Waals surface area contributed by atoms with Crippen molar-refractivity contribution >= 4 is 34.3 Å². The Hall–Kier alpha value is -5.51. The second-order valence-corrected chi connectivity index (χ2v) is 17.1. The number of β-lactam (4-membered cyclic amide) rings is 1. The van der Waals surface area contributed by atoms with Gasteiger partial charge >= 0.3 is 11.9 Å². The Morgan fingerprint density at radius 1 is 0.869 bits per heavy atom. The molecule has 61 heavy (non-hydrogen) atoms. The van der Waals surface area contributed by atoms with Gasteiger partial charge in [0, 0.05) is 36.9 Å². The maximum Gasteiger partial charge on any atom is 0.310 e. The zero-order valence-electron chi connectivity index (χ0n) is 35.0. The van der Waals surface area contributed by atoms with E-state index in [0.29, 0.717) is 13.0 Å². The third kappa shape index (κ3) is 15.2. The third-order valence-corrected chi connectivity index (χ3v) is 11.3. The standard InChI is InChI=1S/C50H57FN2O7S/c1-3-38(20-12-34-51)18-11-23-46-48(53(49(46)55)45-31-26-40(27-32-45)21-13-35-52-61(2,57)58)43-28-24-39(25-29-43)19-10-22-44(50(56)60-37-42-16-8-5-9-17-42)30-33-47(54)59-36-41-14-6-4-7-15-41/h3-9,12,14-17,20,24-29,31-32,44,46,48,52,57-58H,11,13,18,21-23,30,33-37H2,1-2H3/b20-12-,38-3-/t44?,46-,48-/m1/s1. The van der Waals surface area contributed by atoms with E-state index >= 15 is 0 Å². The summed E-state index contributed by atoms with van der Waals surface area (Å²) in [5.41, 5.74) is 6.38. The van der Waals surface area contributed by atoms with Crippen LogP contribution in [0.15, 0.2) is 133 Å². The Morgan fingerprint density at radius 3 is 2.15 bits per heavy atom. The van der Waals surface area contributed by atoms with Crippen LogP contribution in [-0.4, -0.2) is 46.4 Å². The fourth-order valence-corrected chi connectivity index (χ4v) is 7.75. The van der Waals surface area contributed by atoms with Crippen LogP contribution in [0.4, 0.5) is 10.1 Å². The van der Waals surface area contributed by atoms with Crippen molar-refractivity contribution in [1.29, 1.82) is 0 Å². The quantitative estimate of drug-likeness (QED) is 0.0235. The molecule has 1 fully saturated rings. The van der Waals surface area contributed by atoms with Gasteiger partial charge in [-0.25, -0.2) is 9.11 Å². The Bertz CT molecular complexity index is 2130. The SMILES string of the molecule is C/C=C(\C=C/CF)CCC[C@H]1C(=O)N(c2ccc(CCCNS(C)(O)O)cc2)[C@@H]1c1ccc(C#CCC(CCC(=O)OCc2ccccc2)C(=O)OCc2ccccc2)cc1. The zero-order chi connectivity index (χ0) is 43.5. The first-order valence-electron chi connectivity index (χ1n) is 20.8. The van der Waals surface area contributed by atoms with E-state index < -0.39 is 35.3 Å². The fraction of sp³-hybridized carbons (Fsp3) is 0.340. The van der Waals surface area contributed by atoms with E-state index in [0.717, 1.165) is 64.8 Å². The number of hydrogen-bond donors (Lipinski definition) is 3. The van der Waals surface area contributed by atoms with Crippen LogP contribution in [0.1, 0.15) is 85.7 Å². The molecule has 4 aromatic rings. The van der Waals surface area contributed by atoms with Gasteiger partial charge in [0.1, 0.15) is 19.9 Å². The summed E-state index contributed by atoms with van der Waals surface area (Å²) in [6, 6.07) is 34.4. The van der Waals surface area contributed by atoms with Gasteiger partial charge in [0.15, 0.2) is 0 Å². The molecule has 1 aliphatic rings. The molecular formula is C50H57FN2O7S. The highest BCUT2D eigenvalue weighted by molar-refractivity contribution is 8.22. The molecule has 9 nitrogen and oxygen atoms in total. The molecule has 1 unspecified atom stereocenters. The minimum Gasteiger partial charge on any atom is -0.461 e. The number of nitrogens with one attached hydrogen (secondary N) is 1. The van der Waals surface area contributed by atoms with Crippen molar-refractivity contribution in [3.63, 3.8) is 0 Å². The largest absolute Gasteiger partial charge is 0.461 e. The minimum absolute atomic E-state index is 0.0478. The summed E-state index contributed by atoms with van der Waals surface area (Å²) in [6.07, 6.45) is 10.8. The summed E-state index contributed by atoms with van der Waals surface area (Å²) in [6.45, 7) is 2.16. The smallest absolute Gasteiger partial charge is 0.310 e. The molecule has 0 aromatic heterocycles. The van der Waals surface area contributed by atoms with Gasteiger partial charge < -0.3 is 14.4 Å². The molecule has 5 rings (SSSR count). The normalized spacial score (nSPS) is 16.0. The van der Waals surface area contributed by atoms with Crippen molar-refractivity contribution < 1.29 is 37.4 Å². The summed E-state index contributed by atoms with van der Waals surface area (Å²) in [5.74, 6) is 4.69. The van der Waals surface area contributed by atoms with E-state index in [1.807, 2.05) is 127 Å². The van der Waals surface area contributed by atoms with Crippen LogP contribution in [0, 0.1) is 23.7 Å². The van der Waals surface area contributed by atoms with Gasteiger partial charge in [0.05, 0.1) is 17.9 Å². The summed E-state index contributed by atoms with van der Waals surface area (Å²) in [7, 11) is -2.75. The molecule has 4 aromatic carbocycles. The monoisotopic (exact) mass is 848 g/mol. The Kier molecular flexibility index (Phi) is 18.4. The van der Waals surface area contributed by atoms with Crippen LogP contribution in [0.5, 0.6) is 0 Å². The minimum atomic E-state index is -2.75. The topological polar surface area (TPSA) is 125 Å². The summed E-state index contributed by atoms with van der Waals surface area (Å²) in [4.78, 5) is 41.6. The number of nitrogens with zero attached hydrogens (tertiary/aromatic N) is 1. The van der Waals surface area contributed by atoms with Crippen molar-refractivity contribution in [3.05, 3.63) is 161 Å². The fourth-order valence-electron chi connectivity index (χ4n) is 7.22. The number of amides is 1. The number of anilines is 1. The molecule has 322 valence electrons. The van der Waals surface area contributed by atoms with Crippen LogP contribution in [0.2, 0.25) is 0 Å². The molecule has 1 amide bonds. The van der Waals surface area contributed by atoms with E-state index in [-0.39, 0.29) is 50.3 Å². The number of halogens is 1. The number of benzene rings is 4. The average molecular weight is 849 g/mol. The van der Waals surface area contributed by atoms with Crippen molar-refractivity contribution in [2.24, 2.45) is 11.8 Å². The highest BCUT2D eigenvalue weighted by Gasteiger charge is 2.48. The molecule has 0 radical (unpaired) electrons. The lowest BCUT2D eigenvalue weighted by Gasteiger charge is -2.48. The van der Waals surface area contributed by atoms with E-state index in [4.69, 9.17) is 9.47 Å². The van der Waals surface area contributed by atoms with Gasteiger partial charge in [-0.05, 0) is 92.0 Å². The molecule has 0 bridgehead atoms. The van der Waals surface area contributed by atoms with Gasteiger partial charge in [-0.3, -0.25) is 23.5 Å². The van der Waals surface area contributed by atoms with Crippen LogP contribution < -0.4 is 9.62 Å². The number of ether oxygens (including phenoxy) is 2. The second-order valence-electron chi connectivity index (χ2n) is 15.2. The Labute approximate surface area is 361 Å². The van der Waals surface area contributed by atoms with Crippen molar-refractivity contribution in [2.45, 2.75) is 77.5 Å². The molecule has 0 saturated carbocycles. The molecule has 1 saturated heterocycles. The predicted octanol–water partition coefficient (Wildman–Crippen LogP) is 10.5. The second kappa shape index (κ2) is 24.1. The van der Waals surface area contributed by atoms with Crippen LogP contribution >= 0.6 is 10.8 Å². The number of aryl methyl sites for hydroxylation is 1. The Balaban J connectivity index is 1.26. The van der Waals surface area contributed by atoms with Gasteiger partial charge in [-0.2, -0.15) is 0 Å². The van der Waals surface area contributed by atoms with Crippen molar-refractivity contribution in [1.82, 2.24) is 4.72 Å².